The predicted molar refractivity (Wildman–Crippen MR) is 86.2 cm³/mol. The first-order valence-corrected chi connectivity index (χ1v) is 7.79. The lowest BCUT2D eigenvalue weighted by Gasteiger charge is -2.06. The van der Waals surface area contributed by atoms with Gasteiger partial charge in [0.05, 0.1) is 17.0 Å². The zero-order valence-electron chi connectivity index (χ0n) is 13.3. The number of ether oxygens (including phenoxy) is 1. The van der Waals surface area contributed by atoms with Crippen LogP contribution in [0.2, 0.25) is 0 Å². The number of hydrogen-bond acceptors (Lipinski definition) is 6. The molecule has 2 heterocycles. The fourth-order valence-corrected chi connectivity index (χ4v) is 3.17. The van der Waals surface area contributed by atoms with Crippen LogP contribution in [0.1, 0.15) is 49.9 Å². The van der Waals surface area contributed by atoms with Gasteiger partial charge in [0.15, 0.2) is 11.5 Å². The van der Waals surface area contributed by atoms with Crippen LogP contribution >= 0.6 is 11.3 Å². The maximum atomic E-state index is 12.2. The molecule has 1 N–H and O–H groups in total. The van der Waals surface area contributed by atoms with E-state index in [4.69, 9.17) is 4.74 Å². The first-order valence-electron chi connectivity index (χ1n) is 6.97. The van der Waals surface area contributed by atoms with E-state index in [0.717, 1.165) is 11.3 Å². The molecule has 0 aliphatic rings. The Balaban J connectivity index is 2.40. The van der Waals surface area contributed by atoms with Gasteiger partial charge in [0.2, 0.25) is 0 Å². The van der Waals surface area contributed by atoms with Crippen molar-refractivity contribution in [2.24, 2.45) is 7.05 Å². The van der Waals surface area contributed by atoms with E-state index in [2.05, 4.69) is 10.4 Å². The fraction of sp³-hybridized carbons (Fsp3) is 0.333. The van der Waals surface area contributed by atoms with Gasteiger partial charge < -0.3 is 10.1 Å². The van der Waals surface area contributed by atoms with Crippen molar-refractivity contribution in [3.05, 3.63) is 34.0 Å². The van der Waals surface area contributed by atoms with Gasteiger partial charge in [-0.05, 0) is 32.4 Å². The van der Waals surface area contributed by atoms with Gasteiger partial charge in [-0.1, -0.05) is 0 Å². The molecule has 0 spiro atoms. The molecule has 0 atom stereocenters. The van der Waals surface area contributed by atoms with Crippen molar-refractivity contribution in [3.8, 4) is 0 Å². The Morgan fingerprint density at radius 3 is 2.61 bits per heavy atom. The van der Waals surface area contributed by atoms with E-state index in [1.54, 1.807) is 33.2 Å². The molecular weight excluding hydrogens is 318 g/mol. The molecule has 2 aromatic rings. The Morgan fingerprint density at radius 1 is 1.39 bits per heavy atom. The molecule has 23 heavy (non-hydrogen) atoms. The summed E-state index contributed by atoms with van der Waals surface area (Å²) < 4.78 is 6.52. The summed E-state index contributed by atoms with van der Waals surface area (Å²) in [6, 6.07) is 1.56. The summed E-state index contributed by atoms with van der Waals surface area (Å²) in [6.07, 6.45) is 1.64. The van der Waals surface area contributed by atoms with E-state index in [1.807, 2.05) is 0 Å². The third kappa shape index (κ3) is 3.48. The summed E-state index contributed by atoms with van der Waals surface area (Å²) in [4.78, 5) is 36.5. The lowest BCUT2D eigenvalue weighted by atomic mass is 10.1. The van der Waals surface area contributed by atoms with Crippen LogP contribution in [-0.2, 0) is 11.8 Å². The van der Waals surface area contributed by atoms with Crippen molar-refractivity contribution in [2.75, 3.05) is 11.9 Å². The summed E-state index contributed by atoms with van der Waals surface area (Å²) in [5.74, 6) is -1.19. The second-order valence-electron chi connectivity index (χ2n) is 4.87. The van der Waals surface area contributed by atoms with Crippen LogP contribution in [0.4, 0.5) is 5.00 Å². The van der Waals surface area contributed by atoms with Gasteiger partial charge in [-0.2, -0.15) is 5.10 Å². The van der Waals surface area contributed by atoms with E-state index in [0.29, 0.717) is 15.4 Å². The summed E-state index contributed by atoms with van der Waals surface area (Å²) in [5, 5.41) is 6.95. The van der Waals surface area contributed by atoms with Gasteiger partial charge in [0.25, 0.3) is 5.91 Å². The van der Waals surface area contributed by atoms with Crippen LogP contribution in [0.25, 0.3) is 0 Å². The molecular formula is C15H17N3O4S. The summed E-state index contributed by atoms with van der Waals surface area (Å²) in [5.41, 5.74) is 0.946. The number of nitrogens with zero attached hydrogens (tertiary/aromatic N) is 2. The molecule has 0 radical (unpaired) electrons. The zero-order valence-corrected chi connectivity index (χ0v) is 14.1. The minimum absolute atomic E-state index is 0.170. The number of anilines is 1. The van der Waals surface area contributed by atoms with E-state index >= 15 is 0 Å². The largest absolute Gasteiger partial charge is 0.462 e. The average Bonchev–Trinajstić information content (AvgIpc) is 3.03. The Labute approximate surface area is 137 Å². The van der Waals surface area contributed by atoms with Crippen molar-refractivity contribution in [1.29, 1.82) is 0 Å². The second-order valence-corrected chi connectivity index (χ2v) is 5.89. The molecule has 0 bridgehead atoms. The van der Waals surface area contributed by atoms with Crippen LogP contribution in [-0.4, -0.2) is 34.0 Å². The Morgan fingerprint density at radius 2 is 2.09 bits per heavy atom. The molecule has 0 aliphatic heterocycles. The number of rotatable bonds is 5. The Kier molecular flexibility index (Phi) is 4.95. The first kappa shape index (κ1) is 16.9. The van der Waals surface area contributed by atoms with Crippen molar-refractivity contribution in [3.63, 3.8) is 0 Å². The topological polar surface area (TPSA) is 90.3 Å². The molecule has 0 fully saturated rings. The molecule has 122 valence electrons. The molecule has 2 aromatic heterocycles. The van der Waals surface area contributed by atoms with E-state index < -0.39 is 11.9 Å². The number of nitrogens with one attached hydrogen (secondary N) is 1. The zero-order chi connectivity index (χ0) is 17.1. The van der Waals surface area contributed by atoms with Crippen LogP contribution in [0.15, 0.2) is 12.3 Å². The van der Waals surface area contributed by atoms with Crippen LogP contribution in [0.3, 0.4) is 0 Å². The standard InChI is InChI=1S/C15H17N3O4S/c1-5-22-15(21)11-8(2)12(9(3)19)23-14(11)16-13(20)10-6-7-18(4)17-10/h6-7H,5H2,1-4H3,(H,16,20). The monoisotopic (exact) mass is 335 g/mol. The van der Waals surface area contributed by atoms with Crippen molar-refractivity contribution < 1.29 is 19.1 Å². The number of aryl methyl sites for hydroxylation is 1. The van der Waals surface area contributed by atoms with Crippen molar-refractivity contribution in [2.45, 2.75) is 20.8 Å². The number of Topliss-reactive ketones (excluding diaryl/α,β-unsaturated/α-hetero) is 1. The molecule has 2 rings (SSSR count). The third-order valence-electron chi connectivity index (χ3n) is 3.12. The maximum absolute atomic E-state index is 12.2. The van der Waals surface area contributed by atoms with Gasteiger partial charge in [0.1, 0.15) is 5.00 Å². The van der Waals surface area contributed by atoms with Crippen LogP contribution in [0, 0.1) is 6.92 Å². The predicted octanol–water partition coefficient (Wildman–Crippen LogP) is 2.42. The number of carbonyl (C=O) groups is 3. The minimum atomic E-state index is -0.565. The molecule has 0 saturated heterocycles. The average molecular weight is 335 g/mol. The van der Waals surface area contributed by atoms with Gasteiger partial charge >= 0.3 is 5.97 Å². The highest BCUT2D eigenvalue weighted by Crippen LogP contribution is 2.34. The molecule has 0 aromatic carbocycles. The Hall–Kier alpha value is -2.48. The number of hydrogen-bond donors (Lipinski definition) is 1. The highest BCUT2D eigenvalue weighted by atomic mass is 32.1. The van der Waals surface area contributed by atoms with Gasteiger partial charge in [0, 0.05) is 13.2 Å². The van der Waals surface area contributed by atoms with Gasteiger partial charge in [-0.15, -0.1) is 11.3 Å². The molecule has 0 unspecified atom stereocenters. The third-order valence-corrected chi connectivity index (χ3v) is 4.43. The van der Waals surface area contributed by atoms with Crippen LogP contribution in [0.5, 0.6) is 0 Å². The smallest absolute Gasteiger partial charge is 0.341 e. The van der Waals surface area contributed by atoms with Gasteiger partial charge in [-0.25, -0.2) is 4.79 Å². The minimum Gasteiger partial charge on any atom is -0.462 e. The normalized spacial score (nSPS) is 10.4. The molecule has 8 heteroatoms. The van der Waals surface area contributed by atoms with Crippen LogP contribution < -0.4 is 5.32 Å². The number of amides is 1. The van der Waals surface area contributed by atoms with E-state index in [-0.39, 0.29) is 23.6 Å². The highest BCUT2D eigenvalue weighted by Gasteiger charge is 2.25. The number of esters is 1. The lowest BCUT2D eigenvalue weighted by molar-refractivity contribution is 0.0527. The summed E-state index contributed by atoms with van der Waals surface area (Å²) in [7, 11) is 1.70. The van der Waals surface area contributed by atoms with Gasteiger partial charge in [-0.3, -0.25) is 14.3 Å². The summed E-state index contributed by atoms with van der Waals surface area (Å²) in [6.45, 7) is 4.98. The fourth-order valence-electron chi connectivity index (χ4n) is 2.09. The highest BCUT2D eigenvalue weighted by molar-refractivity contribution is 7.18. The van der Waals surface area contributed by atoms with Crippen molar-refractivity contribution >= 4 is 34.0 Å². The van der Waals surface area contributed by atoms with Crippen molar-refractivity contribution in [1.82, 2.24) is 9.78 Å². The SMILES string of the molecule is CCOC(=O)c1c(NC(=O)c2ccn(C)n2)sc(C(C)=O)c1C. The first-order chi connectivity index (χ1) is 10.8. The maximum Gasteiger partial charge on any atom is 0.341 e. The second kappa shape index (κ2) is 6.74. The molecule has 0 saturated carbocycles. The van der Waals surface area contributed by atoms with E-state index in [9.17, 15) is 14.4 Å². The number of thiophene rings is 1. The molecule has 0 aliphatic carbocycles. The number of aromatic nitrogens is 2. The molecule has 1 amide bonds. The Bertz CT molecular complexity index is 776. The summed E-state index contributed by atoms with van der Waals surface area (Å²) >= 11 is 1.06. The lowest BCUT2D eigenvalue weighted by Crippen LogP contribution is -2.15. The number of ketones is 1. The quantitative estimate of drug-likeness (QED) is 0.669. The number of carbonyl (C=O) groups excluding carboxylic acids is 3. The van der Waals surface area contributed by atoms with E-state index in [1.165, 1.54) is 11.6 Å². The molecule has 7 nitrogen and oxygen atoms in total.